The van der Waals surface area contributed by atoms with Crippen LogP contribution in [0.5, 0.6) is 5.75 Å². The van der Waals surface area contributed by atoms with Crippen molar-refractivity contribution in [1.29, 1.82) is 0 Å². The van der Waals surface area contributed by atoms with E-state index < -0.39 is 0 Å². The second kappa shape index (κ2) is 7.46. The van der Waals surface area contributed by atoms with Gasteiger partial charge in [0.2, 0.25) is 0 Å². The summed E-state index contributed by atoms with van der Waals surface area (Å²) in [5, 5.41) is 10.1. The molecule has 1 saturated carbocycles. The maximum atomic E-state index is 10.1. The Morgan fingerprint density at radius 2 is 2.30 bits per heavy atom. The number of nitrogens with zero attached hydrogens (tertiary/aromatic N) is 1. The van der Waals surface area contributed by atoms with Crippen LogP contribution in [-0.4, -0.2) is 35.8 Å². The molecule has 1 unspecified atom stereocenters. The second-order valence-electron chi connectivity index (χ2n) is 5.53. The SMILES string of the molecule is C=CCCC(O)CN(Cc1cccc(OC)c1)C1CC1. The van der Waals surface area contributed by atoms with E-state index in [1.54, 1.807) is 7.11 Å². The number of benzene rings is 1. The first-order valence-corrected chi connectivity index (χ1v) is 7.39. The Hall–Kier alpha value is -1.32. The number of rotatable bonds is 9. The van der Waals surface area contributed by atoms with Crippen molar-refractivity contribution < 1.29 is 9.84 Å². The molecule has 0 amide bonds. The molecular formula is C17H25NO2. The lowest BCUT2D eigenvalue weighted by Crippen LogP contribution is -2.33. The zero-order valence-corrected chi connectivity index (χ0v) is 12.3. The smallest absolute Gasteiger partial charge is 0.119 e. The fourth-order valence-corrected chi connectivity index (χ4v) is 2.46. The monoisotopic (exact) mass is 275 g/mol. The van der Waals surface area contributed by atoms with Gasteiger partial charge in [0, 0.05) is 19.1 Å². The van der Waals surface area contributed by atoms with E-state index in [4.69, 9.17) is 4.74 Å². The van der Waals surface area contributed by atoms with Crippen LogP contribution in [0.4, 0.5) is 0 Å². The number of aliphatic hydroxyl groups excluding tert-OH is 1. The molecule has 0 aliphatic heterocycles. The van der Waals surface area contributed by atoms with Crippen molar-refractivity contribution in [2.24, 2.45) is 0 Å². The predicted octanol–water partition coefficient (Wildman–Crippen LogP) is 2.99. The van der Waals surface area contributed by atoms with E-state index in [2.05, 4.69) is 23.6 Å². The first-order valence-electron chi connectivity index (χ1n) is 7.39. The molecule has 1 aromatic rings. The Kier molecular flexibility index (Phi) is 5.62. The van der Waals surface area contributed by atoms with Gasteiger partial charge in [0.25, 0.3) is 0 Å². The largest absolute Gasteiger partial charge is 0.497 e. The van der Waals surface area contributed by atoms with Crippen molar-refractivity contribution in [3.05, 3.63) is 42.5 Å². The van der Waals surface area contributed by atoms with E-state index in [9.17, 15) is 5.11 Å². The third kappa shape index (κ3) is 4.66. The first kappa shape index (κ1) is 15.1. The van der Waals surface area contributed by atoms with Gasteiger partial charge in [-0.25, -0.2) is 0 Å². The zero-order valence-electron chi connectivity index (χ0n) is 12.3. The van der Waals surface area contributed by atoms with Crippen LogP contribution >= 0.6 is 0 Å². The third-order valence-electron chi connectivity index (χ3n) is 3.73. The molecule has 0 saturated heterocycles. The van der Waals surface area contributed by atoms with Gasteiger partial charge in [0.05, 0.1) is 13.2 Å². The lowest BCUT2D eigenvalue weighted by molar-refractivity contribution is 0.0980. The molecule has 3 nitrogen and oxygen atoms in total. The quantitative estimate of drug-likeness (QED) is 0.703. The summed E-state index contributed by atoms with van der Waals surface area (Å²) in [4.78, 5) is 2.39. The molecule has 0 heterocycles. The van der Waals surface area contributed by atoms with Crippen LogP contribution in [0.1, 0.15) is 31.2 Å². The number of methoxy groups -OCH3 is 1. The summed E-state index contributed by atoms with van der Waals surface area (Å²) in [6, 6.07) is 8.82. The molecule has 1 aliphatic rings. The van der Waals surface area contributed by atoms with Crippen LogP contribution < -0.4 is 4.74 Å². The topological polar surface area (TPSA) is 32.7 Å². The van der Waals surface area contributed by atoms with Crippen molar-refractivity contribution in [1.82, 2.24) is 4.90 Å². The average molecular weight is 275 g/mol. The molecule has 110 valence electrons. The minimum Gasteiger partial charge on any atom is -0.497 e. The van der Waals surface area contributed by atoms with Gasteiger partial charge in [0.15, 0.2) is 0 Å². The van der Waals surface area contributed by atoms with E-state index in [0.717, 1.165) is 31.7 Å². The van der Waals surface area contributed by atoms with Gasteiger partial charge in [-0.15, -0.1) is 6.58 Å². The Morgan fingerprint density at radius 1 is 1.50 bits per heavy atom. The molecule has 1 atom stereocenters. The maximum absolute atomic E-state index is 10.1. The average Bonchev–Trinajstić information content (AvgIpc) is 3.29. The van der Waals surface area contributed by atoms with Gasteiger partial charge in [-0.2, -0.15) is 0 Å². The zero-order chi connectivity index (χ0) is 14.4. The normalized spacial score (nSPS) is 16.1. The van der Waals surface area contributed by atoms with Crippen molar-refractivity contribution >= 4 is 0 Å². The number of allylic oxidation sites excluding steroid dienone is 1. The van der Waals surface area contributed by atoms with Crippen molar-refractivity contribution in [2.45, 2.75) is 44.4 Å². The molecule has 20 heavy (non-hydrogen) atoms. The Balaban J connectivity index is 1.93. The summed E-state index contributed by atoms with van der Waals surface area (Å²) in [6.07, 6.45) is 5.77. The number of ether oxygens (including phenoxy) is 1. The minimum absolute atomic E-state index is 0.265. The lowest BCUT2D eigenvalue weighted by Gasteiger charge is -2.25. The summed E-state index contributed by atoms with van der Waals surface area (Å²) in [6.45, 7) is 5.34. The summed E-state index contributed by atoms with van der Waals surface area (Å²) >= 11 is 0. The summed E-state index contributed by atoms with van der Waals surface area (Å²) in [7, 11) is 1.69. The van der Waals surface area contributed by atoms with Gasteiger partial charge in [-0.1, -0.05) is 18.2 Å². The molecular weight excluding hydrogens is 250 g/mol. The highest BCUT2D eigenvalue weighted by Gasteiger charge is 2.30. The predicted molar refractivity (Wildman–Crippen MR) is 81.9 cm³/mol. The second-order valence-corrected chi connectivity index (χ2v) is 5.53. The Bertz CT molecular complexity index is 429. The van der Waals surface area contributed by atoms with E-state index in [0.29, 0.717) is 6.04 Å². The minimum atomic E-state index is -0.265. The molecule has 0 bridgehead atoms. The molecule has 0 aromatic heterocycles. The summed E-state index contributed by atoms with van der Waals surface area (Å²) < 4.78 is 5.27. The van der Waals surface area contributed by atoms with Crippen LogP contribution in [-0.2, 0) is 6.54 Å². The number of hydrogen-bond acceptors (Lipinski definition) is 3. The van der Waals surface area contributed by atoms with Crippen LogP contribution in [0.3, 0.4) is 0 Å². The molecule has 1 N–H and O–H groups in total. The van der Waals surface area contributed by atoms with Crippen molar-refractivity contribution in [3.63, 3.8) is 0 Å². The lowest BCUT2D eigenvalue weighted by atomic mass is 10.1. The maximum Gasteiger partial charge on any atom is 0.119 e. The van der Waals surface area contributed by atoms with Gasteiger partial charge in [0.1, 0.15) is 5.75 Å². The molecule has 1 fully saturated rings. The van der Waals surface area contributed by atoms with Crippen molar-refractivity contribution in [2.75, 3.05) is 13.7 Å². The van der Waals surface area contributed by atoms with Crippen LogP contribution in [0, 0.1) is 0 Å². The number of hydrogen-bond donors (Lipinski definition) is 1. The third-order valence-corrected chi connectivity index (χ3v) is 3.73. The summed E-state index contributed by atoms with van der Waals surface area (Å²) in [5.41, 5.74) is 1.24. The fraction of sp³-hybridized carbons (Fsp3) is 0.529. The first-order chi connectivity index (χ1) is 9.72. The van der Waals surface area contributed by atoms with Gasteiger partial charge in [-0.05, 0) is 43.4 Å². The Labute approximate surface area is 121 Å². The Morgan fingerprint density at radius 3 is 2.95 bits per heavy atom. The molecule has 3 heteroatoms. The van der Waals surface area contributed by atoms with E-state index in [-0.39, 0.29) is 6.10 Å². The fourth-order valence-electron chi connectivity index (χ4n) is 2.46. The highest BCUT2D eigenvalue weighted by molar-refractivity contribution is 5.28. The van der Waals surface area contributed by atoms with Crippen LogP contribution in [0.15, 0.2) is 36.9 Å². The standard InChI is InChI=1S/C17H25NO2/c1-3-4-7-16(19)13-18(15-9-10-15)12-14-6-5-8-17(11-14)20-2/h3,5-6,8,11,15-16,19H,1,4,7,9-10,12-13H2,2H3. The van der Waals surface area contributed by atoms with Crippen LogP contribution in [0.2, 0.25) is 0 Å². The molecule has 0 spiro atoms. The highest BCUT2D eigenvalue weighted by atomic mass is 16.5. The summed E-state index contributed by atoms with van der Waals surface area (Å²) in [5.74, 6) is 0.894. The van der Waals surface area contributed by atoms with Gasteiger partial charge in [-0.3, -0.25) is 4.90 Å². The van der Waals surface area contributed by atoms with Crippen LogP contribution in [0.25, 0.3) is 0 Å². The van der Waals surface area contributed by atoms with E-state index in [1.807, 2.05) is 18.2 Å². The molecule has 0 radical (unpaired) electrons. The molecule has 2 rings (SSSR count). The van der Waals surface area contributed by atoms with E-state index in [1.165, 1.54) is 18.4 Å². The van der Waals surface area contributed by atoms with Gasteiger partial charge >= 0.3 is 0 Å². The van der Waals surface area contributed by atoms with Crippen molar-refractivity contribution in [3.8, 4) is 5.75 Å². The number of aliphatic hydroxyl groups is 1. The van der Waals surface area contributed by atoms with E-state index >= 15 is 0 Å². The molecule has 1 aromatic carbocycles. The van der Waals surface area contributed by atoms with Gasteiger partial charge < -0.3 is 9.84 Å². The molecule has 1 aliphatic carbocycles. The highest BCUT2D eigenvalue weighted by Crippen LogP contribution is 2.29.